The predicted molar refractivity (Wildman–Crippen MR) is 74.0 cm³/mol. The van der Waals surface area contributed by atoms with Gasteiger partial charge in [-0.2, -0.15) is 0 Å². The van der Waals surface area contributed by atoms with Gasteiger partial charge < -0.3 is 9.47 Å². The van der Waals surface area contributed by atoms with Crippen LogP contribution in [0.2, 0.25) is 10.0 Å². The highest BCUT2D eigenvalue weighted by Gasteiger charge is 2.37. The Morgan fingerprint density at radius 2 is 2.05 bits per heavy atom. The molecule has 1 atom stereocenters. The maximum Gasteiger partial charge on any atom is 0.410 e. The van der Waals surface area contributed by atoms with Crippen molar-refractivity contribution in [1.29, 1.82) is 0 Å². The first kappa shape index (κ1) is 15.1. The maximum absolute atomic E-state index is 11.9. The molecule has 1 heterocycles. The third-order valence-corrected chi connectivity index (χ3v) is 3.35. The third-order valence-electron chi connectivity index (χ3n) is 2.91. The third kappa shape index (κ3) is 3.42. The molecule has 20 heavy (non-hydrogen) atoms. The summed E-state index contributed by atoms with van der Waals surface area (Å²) in [6, 6.07) is 4.34. The standard InChI is InChI=1S/C13H13Cl2NO4/c1-19-7-12(17)11-6-20-13(18)16(11)5-8-2-9(14)4-10(15)3-8/h2-4,11H,5-7H2,1H3/t11-/m1/s1. The maximum atomic E-state index is 11.9. The van der Waals surface area contributed by atoms with Gasteiger partial charge in [-0.1, -0.05) is 23.2 Å². The minimum Gasteiger partial charge on any atom is -0.447 e. The first-order valence-electron chi connectivity index (χ1n) is 5.91. The second-order valence-corrected chi connectivity index (χ2v) is 5.27. The molecule has 0 radical (unpaired) electrons. The number of benzene rings is 1. The fraction of sp³-hybridized carbons (Fsp3) is 0.385. The van der Waals surface area contributed by atoms with Gasteiger partial charge in [0.1, 0.15) is 19.3 Å². The topological polar surface area (TPSA) is 55.8 Å². The van der Waals surface area contributed by atoms with Crippen LogP contribution in [0.3, 0.4) is 0 Å². The molecule has 1 aliphatic heterocycles. The summed E-state index contributed by atoms with van der Waals surface area (Å²) in [5.41, 5.74) is 0.733. The van der Waals surface area contributed by atoms with Crippen LogP contribution in [0, 0.1) is 0 Å². The molecule has 0 N–H and O–H groups in total. The zero-order valence-corrected chi connectivity index (χ0v) is 12.3. The number of hydrogen-bond acceptors (Lipinski definition) is 4. The van der Waals surface area contributed by atoms with Crippen LogP contribution in [0.1, 0.15) is 5.56 Å². The largest absolute Gasteiger partial charge is 0.447 e. The van der Waals surface area contributed by atoms with Crippen molar-refractivity contribution in [3.05, 3.63) is 33.8 Å². The van der Waals surface area contributed by atoms with E-state index in [1.807, 2.05) is 0 Å². The van der Waals surface area contributed by atoms with Crippen LogP contribution >= 0.6 is 23.2 Å². The minimum absolute atomic E-state index is 0.0370. The number of amides is 1. The number of halogens is 2. The van der Waals surface area contributed by atoms with Crippen molar-refractivity contribution >= 4 is 35.1 Å². The summed E-state index contributed by atoms with van der Waals surface area (Å²) in [6.07, 6.45) is -0.532. The van der Waals surface area contributed by atoms with Gasteiger partial charge in [-0.05, 0) is 23.8 Å². The molecule has 0 saturated carbocycles. The average molecular weight is 318 g/mol. The Balaban J connectivity index is 2.16. The fourth-order valence-electron chi connectivity index (χ4n) is 2.03. The molecule has 1 aromatic carbocycles. The Bertz CT molecular complexity index is 515. The number of methoxy groups -OCH3 is 1. The molecule has 0 unspecified atom stereocenters. The quantitative estimate of drug-likeness (QED) is 0.837. The van der Waals surface area contributed by atoms with E-state index in [9.17, 15) is 9.59 Å². The molecule has 1 fully saturated rings. The van der Waals surface area contributed by atoms with Crippen molar-refractivity contribution < 1.29 is 19.1 Å². The number of carbonyl (C=O) groups is 2. The Hall–Kier alpha value is -1.30. The van der Waals surface area contributed by atoms with Gasteiger partial charge in [0.15, 0.2) is 5.78 Å². The summed E-state index contributed by atoms with van der Waals surface area (Å²) < 4.78 is 9.73. The molecule has 0 spiro atoms. The highest BCUT2D eigenvalue weighted by molar-refractivity contribution is 6.34. The van der Waals surface area contributed by atoms with Gasteiger partial charge in [0.2, 0.25) is 0 Å². The van der Waals surface area contributed by atoms with E-state index in [4.69, 9.17) is 32.7 Å². The normalized spacial score (nSPS) is 18.2. The number of nitrogens with zero attached hydrogens (tertiary/aromatic N) is 1. The number of hydrogen-bond donors (Lipinski definition) is 0. The SMILES string of the molecule is COCC(=O)[C@H]1COC(=O)N1Cc1cc(Cl)cc(Cl)c1. The minimum atomic E-state index is -0.639. The number of carbonyl (C=O) groups excluding carboxylic acids is 2. The highest BCUT2D eigenvalue weighted by atomic mass is 35.5. The molecule has 0 aromatic heterocycles. The number of cyclic esters (lactones) is 1. The van der Waals surface area contributed by atoms with Crippen molar-refractivity contribution in [3.8, 4) is 0 Å². The van der Waals surface area contributed by atoms with Crippen LogP contribution in [0.15, 0.2) is 18.2 Å². The second kappa shape index (κ2) is 6.43. The molecule has 2 rings (SSSR count). The van der Waals surface area contributed by atoms with E-state index < -0.39 is 12.1 Å². The molecular formula is C13H13Cl2NO4. The van der Waals surface area contributed by atoms with E-state index in [0.717, 1.165) is 5.56 Å². The summed E-state index contributed by atoms with van der Waals surface area (Å²) in [5, 5.41) is 0.944. The van der Waals surface area contributed by atoms with E-state index in [2.05, 4.69) is 0 Å². The first-order valence-corrected chi connectivity index (χ1v) is 6.67. The summed E-state index contributed by atoms with van der Waals surface area (Å²) >= 11 is 11.8. The molecule has 108 valence electrons. The van der Waals surface area contributed by atoms with Crippen molar-refractivity contribution in [2.45, 2.75) is 12.6 Å². The Kier molecular flexibility index (Phi) is 4.86. The predicted octanol–water partition coefficient (Wildman–Crippen LogP) is 2.53. The van der Waals surface area contributed by atoms with Crippen LogP contribution in [0.5, 0.6) is 0 Å². The number of ketones is 1. The lowest BCUT2D eigenvalue weighted by Gasteiger charge is -2.20. The lowest BCUT2D eigenvalue weighted by atomic mass is 10.1. The number of ether oxygens (including phenoxy) is 2. The van der Waals surface area contributed by atoms with Crippen molar-refractivity contribution in [3.63, 3.8) is 0 Å². The van der Waals surface area contributed by atoms with E-state index in [1.54, 1.807) is 18.2 Å². The van der Waals surface area contributed by atoms with Crippen molar-refractivity contribution in [1.82, 2.24) is 4.90 Å². The van der Waals surface area contributed by atoms with Crippen LogP contribution in [-0.2, 0) is 20.8 Å². The van der Waals surface area contributed by atoms with Gasteiger partial charge >= 0.3 is 6.09 Å². The molecule has 1 aliphatic rings. The first-order chi connectivity index (χ1) is 9.51. The van der Waals surface area contributed by atoms with Crippen LogP contribution in [0.25, 0.3) is 0 Å². The number of rotatable bonds is 5. The van der Waals surface area contributed by atoms with Crippen molar-refractivity contribution in [2.75, 3.05) is 20.3 Å². The van der Waals surface area contributed by atoms with Gasteiger partial charge in [-0.3, -0.25) is 9.69 Å². The zero-order chi connectivity index (χ0) is 14.7. The van der Waals surface area contributed by atoms with Crippen molar-refractivity contribution in [2.24, 2.45) is 0 Å². The molecule has 1 amide bonds. The fourth-order valence-corrected chi connectivity index (χ4v) is 2.60. The number of Topliss-reactive ketones (excluding diaryl/α,β-unsaturated/α-hetero) is 1. The van der Waals surface area contributed by atoms with E-state index in [0.29, 0.717) is 10.0 Å². The summed E-state index contributed by atoms with van der Waals surface area (Å²) in [7, 11) is 1.43. The van der Waals surface area contributed by atoms with E-state index in [1.165, 1.54) is 12.0 Å². The molecule has 1 aromatic rings. The summed E-state index contributed by atoms with van der Waals surface area (Å²) in [4.78, 5) is 24.9. The van der Waals surface area contributed by atoms with Gasteiger partial charge in [0.25, 0.3) is 0 Å². The van der Waals surface area contributed by atoms with Crippen LogP contribution in [0.4, 0.5) is 4.79 Å². The molecule has 1 saturated heterocycles. The molecule has 0 aliphatic carbocycles. The monoisotopic (exact) mass is 317 g/mol. The van der Waals surface area contributed by atoms with Gasteiger partial charge in [0, 0.05) is 17.2 Å². The van der Waals surface area contributed by atoms with Gasteiger partial charge in [0.05, 0.1) is 6.54 Å². The smallest absolute Gasteiger partial charge is 0.410 e. The Labute approximate surface area is 126 Å². The average Bonchev–Trinajstić information content (AvgIpc) is 2.70. The highest BCUT2D eigenvalue weighted by Crippen LogP contribution is 2.23. The van der Waals surface area contributed by atoms with Gasteiger partial charge in [-0.15, -0.1) is 0 Å². The molecule has 7 heteroatoms. The lowest BCUT2D eigenvalue weighted by Crippen LogP contribution is -2.40. The van der Waals surface area contributed by atoms with Crippen LogP contribution in [-0.4, -0.2) is 43.1 Å². The Morgan fingerprint density at radius 1 is 1.40 bits per heavy atom. The zero-order valence-electron chi connectivity index (χ0n) is 10.8. The van der Waals surface area contributed by atoms with Gasteiger partial charge in [-0.25, -0.2) is 4.79 Å². The molecule has 0 bridgehead atoms. The van der Waals surface area contributed by atoms with Crippen LogP contribution < -0.4 is 0 Å². The Morgan fingerprint density at radius 3 is 2.65 bits per heavy atom. The summed E-state index contributed by atoms with van der Waals surface area (Å²) in [6.45, 7) is 0.183. The van der Waals surface area contributed by atoms with E-state index in [-0.39, 0.29) is 25.5 Å². The van der Waals surface area contributed by atoms with E-state index >= 15 is 0 Å². The second-order valence-electron chi connectivity index (χ2n) is 4.40. The molecular weight excluding hydrogens is 305 g/mol. The molecule has 5 nitrogen and oxygen atoms in total. The summed E-state index contributed by atoms with van der Waals surface area (Å²) in [5.74, 6) is -0.202. The lowest BCUT2D eigenvalue weighted by molar-refractivity contribution is -0.126.